The molecule has 0 saturated heterocycles. The fraction of sp³-hybridized carbons (Fsp3) is 0.0625. The molecule has 1 atom stereocenters. The van der Waals surface area contributed by atoms with E-state index in [1.165, 1.54) is 0 Å². The van der Waals surface area contributed by atoms with Crippen LogP contribution < -0.4 is 16.8 Å². The van der Waals surface area contributed by atoms with Crippen molar-refractivity contribution < 1.29 is 0 Å². The Morgan fingerprint density at radius 1 is 0.957 bits per heavy atom. The van der Waals surface area contributed by atoms with Gasteiger partial charge < -0.3 is 11.1 Å². The maximum atomic E-state index is 6.43. The van der Waals surface area contributed by atoms with Gasteiger partial charge in [-0.05, 0) is 42.0 Å². The van der Waals surface area contributed by atoms with Crippen molar-refractivity contribution in [2.24, 2.45) is 16.5 Å². The summed E-state index contributed by atoms with van der Waals surface area (Å²) in [7, 11) is 0. The molecule has 2 aromatic carbocycles. The lowest BCUT2D eigenvalue weighted by atomic mass is 9.96. The molecule has 1 unspecified atom stereocenters. The number of nitrogens with two attached hydrogens (primary N) is 2. The van der Waals surface area contributed by atoms with Gasteiger partial charge in [-0.15, -0.1) is 0 Å². The predicted molar refractivity (Wildman–Crippen MR) is 96.5 cm³/mol. The highest BCUT2D eigenvalue weighted by Gasteiger charge is 2.29. The van der Waals surface area contributed by atoms with Gasteiger partial charge in [0.25, 0.3) is 0 Å². The molecule has 0 fully saturated rings. The Hall–Kier alpha value is -1.72. The average molecular weight is 368 g/mol. The van der Waals surface area contributed by atoms with Gasteiger partial charge in [-0.3, -0.25) is 5.73 Å². The maximum Gasteiger partial charge on any atom is 0.195 e. The number of hydrogen-bond donors (Lipinski definition) is 3. The van der Waals surface area contributed by atoms with Gasteiger partial charge in [-0.2, -0.15) is 0 Å². The number of benzene rings is 2. The molecule has 0 saturated carbocycles. The summed E-state index contributed by atoms with van der Waals surface area (Å²) >= 11 is 18.2. The van der Waals surface area contributed by atoms with Gasteiger partial charge in [0.05, 0.1) is 0 Å². The summed E-state index contributed by atoms with van der Waals surface area (Å²) in [6.45, 7) is 0. The van der Waals surface area contributed by atoms with Crippen LogP contribution in [0.4, 0.5) is 0 Å². The highest BCUT2D eigenvalue weighted by Crippen LogP contribution is 2.32. The van der Waals surface area contributed by atoms with Crippen molar-refractivity contribution in [3.8, 4) is 0 Å². The van der Waals surface area contributed by atoms with Crippen molar-refractivity contribution in [3.63, 3.8) is 0 Å². The third-order valence-electron chi connectivity index (χ3n) is 3.46. The van der Waals surface area contributed by atoms with Crippen molar-refractivity contribution in [3.05, 3.63) is 74.7 Å². The molecule has 0 bridgehead atoms. The van der Waals surface area contributed by atoms with Crippen LogP contribution in [-0.2, 0) is 5.66 Å². The number of nitrogens with one attached hydrogen (secondary N) is 1. The lowest BCUT2D eigenvalue weighted by molar-refractivity contribution is 0.585. The number of aliphatic imine (C=N–C) groups is 1. The van der Waals surface area contributed by atoms with Crippen molar-refractivity contribution in [1.82, 2.24) is 5.32 Å². The van der Waals surface area contributed by atoms with Gasteiger partial charge in [0.2, 0.25) is 0 Å². The van der Waals surface area contributed by atoms with Crippen LogP contribution in [0.2, 0.25) is 15.1 Å². The van der Waals surface area contributed by atoms with E-state index in [0.717, 1.165) is 5.56 Å². The zero-order valence-electron chi connectivity index (χ0n) is 11.9. The summed E-state index contributed by atoms with van der Waals surface area (Å²) in [6, 6.07) is 12.3. The van der Waals surface area contributed by atoms with Crippen LogP contribution in [-0.4, -0.2) is 5.96 Å². The summed E-state index contributed by atoms with van der Waals surface area (Å²) in [5, 5.41) is 4.68. The molecule has 0 radical (unpaired) electrons. The fourth-order valence-corrected chi connectivity index (χ4v) is 2.88. The van der Waals surface area contributed by atoms with Crippen LogP contribution in [0.15, 0.2) is 53.5 Å². The molecular formula is C16H13Cl3N4. The van der Waals surface area contributed by atoms with Crippen LogP contribution in [0.5, 0.6) is 0 Å². The summed E-state index contributed by atoms with van der Waals surface area (Å²) in [6.07, 6.45) is 1.75. The Kier molecular flexibility index (Phi) is 4.25. The standard InChI is InChI=1S/C16H13Cl3N4/c17-10-3-1-9(2-4-10)16(21)8-14(22-15(20)23-16)12-7-11(18)5-6-13(12)19/h1-8H,21H2,(H3,20,22,23). The number of halogens is 3. The first-order chi connectivity index (χ1) is 10.9. The Morgan fingerprint density at radius 3 is 2.30 bits per heavy atom. The van der Waals surface area contributed by atoms with E-state index in [-0.39, 0.29) is 5.96 Å². The first-order valence-electron chi connectivity index (χ1n) is 6.73. The molecule has 0 aromatic heterocycles. The summed E-state index contributed by atoms with van der Waals surface area (Å²) in [4.78, 5) is 4.31. The first kappa shape index (κ1) is 16.1. The van der Waals surface area contributed by atoms with Crippen LogP contribution in [0.3, 0.4) is 0 Å². The average Bonchev–Trinajstić information content (AvgIpc) is 2.49. The fourth-order valence-electron chi connectivity index (χ4n) is 2.37. The minimum Gasteiger partial charge on any atom is -0.370 e. The van der Waals surface area contributed by atoms with Crippen molar-refractivity contribution in [2.75, 3.05) is 0 Å². The molecule has 5 N–H and O–H groups in total. The second-order valence-corrected chi connectivity index (χ2v) is 6.42. The van der Waals surface area contributed by atoms with E-state index in [9.17, 15) is 0 Å². The van der Waals surface area contributed by atoms with E-state index in [1.807, 2.05) is 0 Å². The molecule has 7 heteroatoms. The predicted octanol–water partition coefficient (Wildman–Crippen LogP) is 3.72. The summed E-state index contributed by atoms with van der Waals surface area (Å²) in [5.74, 6) is 0.191. The van der Waals surface area contributed by atoms with Gasteiger partial charge in [-0.1, -0.05) is 46.9 Å². The second-order valence-electron chi connectivity index (χ2n) is 5.14. The van der Waals surface area contributed by atoms with E-state index < -0.39 is 5.66 Å². The molecule has 1 aliphatic rings. The largest absolute Gasteiger partial charge is 0.370 e. The molecule has 4 nitrogen and oxygen atoms in total. The van der Waals surface area contributed by atoms with Gasteiger partial charge in [-0.25, -0.2) is 4.99 Å². The normalized spacial score (nSPS) is 20.5. The van der Waals surface area contributed by atoms with E-state index >= 15 is 0 Å². The Balaban J connectivity index is 2.11. The van der Waals surface area contributed by atoms with E-state index in [2.05, 4.69) is 10.3 Å². The van der Waals surface area contributed by atoms with Gasteiger partial charge in [0.15, 0.2) is 11.6 Å². The van der Waals surface area contributed by atoms with Gasteiger partial charge in [0.1, 0.15) is 0 Å². The second kappa shape index (κ2) is 6.06. The van der Waals surface area contributed by atoms with Crippen LogP contribution in [0.1, 0.15) is 11.1 Å². The van der Waals surface area contributed by atoms with E-state index in [1.54, 1.807) is 48.5 Å². The highest BCUT2D eigenvalue weighted by atomic mass is 35.5. The van der Waals surface area contributed by atoms with Crippen molar-refractivity contribution >= 4 is 46.5 Å². The Bertz CT molecular complexity index is 815. The number of rotatable bonds is 2. The Morgan fingerprint density at radius 2 is 1.61 bits per heavy atom. The van der Waals surface area contributed by atoms with E-state index in [0.29, 0.717) is 26.3 Å². The molecule has 23 heavy (non-hydrogen) atoms. The SMILES string of the molecule is NC1=NC(N)(c2ccc(Cl)cc2)C=C(c2cc(Cl)ccc2Cl)N1. The monoisotopic (exact) mass is 366 g/mol. The maximum absolute atomic E-state index is 6.43. The van der Waals surface area contributed by atoms with Crippen LogP contribution >= 0.6 is 34.8 Å². The van der Waals surface area contributed by atoms with Gasteiger partial charge >= 0.3 is 0 Å². The minimum absolute atomic E-state index is 0.191. The molecular weight excluding hydrogens is 355 g/mol. The van der Waals surface area contributed by atoms with E-state index in [4.69, 9.17) is 46.3 Å². The zero-order valence-corrected chi connectivity index (χ0v) is 14.1. The van der Waals surface area contributed by atoms with Crippen molar-refractivity contribution in [1.29, 1.82) is 0 Å². The lowest BCUT2D eigenvalue weighted by Crippen LogP contribution is -2.44. The molecule has 2 aromatic rings. The molecule has 0 aliphatic carbocycles. The molecule has 1 aliphatic heterocycles. The number of nitrogens with zero attached hydrogens (tertiary/aromatic N) is 1. The first-order valence-corrected chi connectivity index (χ1v) is 7.86. The molecule has 3 rings (SSSR count). The zero-order chi connectivity index (χ0) is 16.6. The summed E-state index contributed by atoms with van der Waals surface area (Å²) < 4.78 is 0. The number of guanidine groups is 1. The Labute approximate surface area is 148 Å². The number of hydrogen-bond acceptors (Lipinski definition) is 4. The molecule has 0 amide bonds. The van der Waals surface area contributed by atoms with Crippen molar-refractivity contribution in [2.45, 2.75) is 5.66 Å². The smallest absolute Gasteiger partial charge is 0.195 e. The third-order valence-corrected chi connectivity index (χ3v) is 4.27. The minimum atomic E-state index is -1.12. The summed E-state index contributed by atoms with van der Waals surface area (Å²) in [5.41, 5.74) is 13.3. The highest BCUT2D eigenvalue weighted by molar-refractivity contribution is 6.34. The molecule has 1 heterocycles. The van der Waals surface area contributed by atoms with Gasteiger partial charge in [0, 0.05) is 26.3 Å². The molecule has 0 spiro atoms. The van der Waals surface area contributed by atoms with Crippen LogP contribution in [0.25, 0.3) is 5.70 Å². The topological polar surface area (TPSA) is 76.4 Å². The quantitative estimate of drug-likeness (QED) is 0.757. The van der Waals surface area contributed by atoms with Crippen LogP contribution in [0, 0.1) is 0 Å². The lowest BCUT2D eigenvalue weighted by Gasteiger charge is -2.29. The third kappa shape index (κ3) is 3.31. The molecule has 118 valence electrons.